The van der Waals surface area contributed by atoms with Crippen LogP contribution in [0.1, 0.15) is 26.7 Å². The average molecular weight is 283 g/mol. The number of ketones is 1. The Balaban J connectivity index is 3.03. The summed E-state index contributed by atoms with van der Waals surface area (Å²) in [7, 11) is 2.60. The minimum Gasteiger partial charge on any atom is -0.468 e. The molecule has 2 atom stereocenters. The molecular formula is C14H21NO5. The molecule has 0 aromatic carbocycles. The molecule has 0 saturated carbocycles. The van der Waals surface area contributed by atoms with E-state index in [0.29, 0.717) is 19.4 Å². The minimum absolute atomic E-state index is 0.215. The second kappa shape index (κ2) is 7.07. The van der Waals surface area contributed by atoms with Crippen molar-refractivity contribution in [3.05, 3.63) is 11.8 Å². The number of Topliss-reactive ketones (excluding diaryl/α,β-unsaturated/α-hetero) is 1. The Morgan fingerprint density at radius 1 is 1.35 bits per heavy atom. The summed E-state index contributed by atoms with van der Waals surface area (Å²) in [6.07, 6.45) is 2.43. The Morgan fingerprint density at radius 2 is 2.00 bits per heavy atom. The Hall–Kier alpha value is -1.85. The molecule has 1 amide bonds. The number of methoxy groups -OCH3 is 2. The molecule has 0 saturated heterocycles. The highest BCUT2D eigenvalue weighted by Crippen LogP contribution is 2.32. The molecule has 1 rings (SSSR count). The van der Waals surface area contributed by atoms with Crippen LogP contribution >= 0.6 is 0 Å². The molecule has 0 spiro atoms. The molecule has 1 aliphatic rings. The quantitative estimate of drug-likeness (QED) is 0.580. The molecular weight excluding hydrogens is 262 g/mol. The number of rotatable bonds is 4. The number of carbonyl (C=O) groups excluding carboxylic acids is 3. The van der Waals surface area contributed by atoms with Crippen molar-refractivity contribution in [2.45, 2.75) is 26.7 Å². The van der Waals surface area contributed by atoms with E-state index in [2.05, 4.69) is 4.74 Å². The van der Waals surface area contributed by atoms with Crippen molar-refractivity contribution in [2.75, 3.05) is 20.8 Å². The zero-order valence-electron chi connectivity index (χ0n) is 12.3. The lowest BCUT2D eigenvalue weighted by molar-refractivity contribution is -0.150. The zero-order chi connectivity index (χ0) is 15.3. The maximum atomic E-state index is 11.8. The van der Waals surface area contributed by atoms with Gasteiger partial charge in [-0.1, -0.05) is 6.92 Å². The first-order chi connectivity index (χ1) is 9.46. The lowest BCUT2D eigenvalue weighted by atomic mass is 9.79. The molecule has 0 N–H and O–H groups in total. The fourth-order valence-electron chi connectivity index (χ4n) is 2.56. The van der Waals surface area contributed by atoms with Crippen molar-refractivity contribution in [3.8, 4) is 0 Å². The van der Waals surface area contributed by atoms with Gasteiger partial charge in [0.05, 0.1) is 14.2 Å². The van der Waals surface area contributed by atoms with E-state index < -0.39 is 18.0 Å². The highest BCUT2D eigenvalue weighted by molar-refractivity contribution is 5.98. The number of nitrogens with zero attached hydrogens (tertiary/aromatic N) is 1. The van der Waals surface area contributed by atoms with Gasteiger partial charge < -0.3 is 9.47 Å². The zero-order valence-corrected chi connectivity index (χ0v) is 12.3. The van der Waals surface area contributed by atoms with Crippen LogP contribution in [-0.4, -0.2) is 43.5 Å². The number of hydrogen-bond donors (Lipinski definition) is 0. The van der Waals surface area contributed by atoms with E-state index in [1.54, 1.807) is 6.20 Å². The predicted octanol–water partition coefficient (Wildman–Crippen LogP) is 1.75. The molecule has 0 aromatic heterocycles. The Labute approximate surface area is 118 Å². The summed E-state index contributed by atoms with van der Waals surface area (Å²) in [5.41, 5.74) is 0.882. The number of hydrogen-bond acceptors (Lipinski definition) is 5. The third kappa shape index (κ3) is 3.37. The summed E-state index contributed by atoms with van der Waals surface area (Å²) in [5.74, 6) is -1.75. The van der Waals surface area contributed by atoms with Crippen molar-refractivity contribution in [3.63, 3.8) is 0 Å². The summed E-state index contributed by atoms with van der Waals surface area (Å²) < 4.78 is 9.40. The van der Waals surface area contributed by atoms with E-state index in [4.69, 9.17) is 4.74 Å². The largest absolute Gasteiger partial charge is 0.468 e. The summed E-state index contributed by atoms with van der Waals surface area (Å²) in [5, 5.41) is 0. The summed E-state index contributed by atoms with van der Waals surface area (Å²) in [6.45, 7) is 3.73. The van der Waals surface area contributed by atoms with Crippen LogP contribution in [0.2, 0.25) is 0 Å². The fraction of sp³-hybridized carbons (Fsp3) is 0.643. The topological polar surface area (TPSA) is 72.9 Å². The molecule has 1 unspecified atom stereocenters. The van der Waals surface area contributed by atoms with Gasteiger partial charge in [0.15, 0.2) is 0 Å². The van der Waals surface area contributed by atoms with E-state index in [1.807, 2.05) is 6.92 Å². The molecule has 0 fully saturated rings. The minimum atomic E-state index is -0.800. The van der Waals surface area contributed by atoms with Crippen LogP contribution < -0.4 is 0 Å². The molecule has 6 heteroatoms. The second-order valence-electron chi connectivity index (χ2n) is 4.73. The Morgan fingerprint density at radius 3 is 2.45 bits per heavy atom. The van der Waals surface area contributed by atoms with E-state index >= 15 is 0 Å². The molecule has 1 aliphatic heterocycles. The van der Waals surface area contributed by atoms with Gasteiger partial charge in [-0.05, 0) is 25.3 Å². The van der Waals surface area contributed by atoms with Gasteiger partial charge in [0.25, 0.3) is 0 Å². The predicted molar refractivity (Wildman–Crippen MR) is 71.8 cm³/mol. The molecule has 0 aliphatic carbocycles. The van der Waals surface area contributed by atoms with Crippen molar-refractivity contribution < 1.29 is 23.9 Å². The smallest absolute Gasteiger partial charge is 0.413 e. The van der Waals surface area contributed by atoms with Gasteiger partial charge in [-0.3, -0.25) is 14.5 Å². The molecule has 112 valence electrons. The van der Waals surface area contributed by atoms with Gasteiger partial charge in [-0.15, -0.1) is 0 Å². The van der Waals surface area contributed by atoms with Crippen LogP contribution in [0.4, 0.5) is 4.79 Å². The van der Waals surface area contributed by atoms with Gasteiger partial charge in [-0.2, -0.15) is 0 Å². The third-order valence-corrected chi connectivity index (χ3v) is 3.59. The van der Waals surface area contributed by atoms with Gasteiger partial charge in [0.2, 0.25) is 0 Å². The number of carbonyl (C=O) groups is 3. The molecule has 0 aromatic rings. The lowest BCUT2D eigenvalue weighted by Gasteiger charge is -2.33. The SMILES string of the molecule is CCC1=CN(C(=O)OC)CC[C@H]1C(C(C)=O)C(=O)OC. The van der Waals surface area contributed by atoms with Crippen molar-refractivity contribution in [1.82, 2.24) is 4.90 Å². The third-order valence-electron chi connectivity index (χ3n) is 3.59. The van der Waals surface area contributed by atoms with Crippen LogP contribution in [0.5, 0.6) is 0 Å². The molecule has 1 heterocycles. The van der Waals surface area contributed by atoms with Crippen molar-refractivity contribution in [1.29, 1.82) is 0 Å². The van der Waals surface area contributed by atoms with Gasteiger partial charge >= 0.3 is 12.1 Å². The summed E-state index contributed by atoms with van der Waals surface area (Å²) >= 11 is 0. The van der Waals surface area contributed by atoms with Crippen LogP contribution in [0.25, 0.3) is 0 Å². The summed E-state index contributed by atoms with van der Waals surface area (Å²) in [4.78, 5) is 36.5. The number of allylic oxidation sites excluding steroid dienone is 1. The molecule has 0 bridgehead atoms. The standard InChI is InChI=1S/C14H21NO5/c1-5-10-8-15(14(18)20-4)7-6-11(10)12(9(2)16)13(17)19-3/h8,11-12H,5-7H2,1-4H3/t11-,12?/m1/s1. The first-order valence-corrected chi connectivity index (χ1v) is 6.59. The highest BCUT2D eigenvalue weighted by atomic mass is 16.5. The molecule has 20 heavy (non-hydrogen) atoms. The van der Waals surface area contributed by atoms with Crippen LogP contribution in [0.3, 0.4) is 0 Å². The summed E-state index contributed by atoms with van der Waals surface area (Å²) in [6, 6.07) is 0. The number of ether oxygens (including phenoxy) is 2. The first kappa shape index (κ1) is 16.2. The maximum absolute atomic E-state index is 11.8. The normalized spacial score (nSPS) is 19.9. The second-order valence-corrected chi connectivity index (χ2v) is 4.73. The number of amides is 1. The maximum Gasteiger partial charge on any atom is 0.413 e. The van der Waals surface area contributed by atoms with E-state index in [-0.39, 0.29) is 11.7 Å². The van der Waals surface area contributed by atoms with Crippen LogP contribution in [0, 0.1) is 11.8 Å². The Kier molecular flexibility index (Phi) is 5.73. The average Bonchev–Trinajstić information content (AvgIpc) is 2.46. The monoisotopic (exact) mass is 283 g/mol. The molecule has 0 radical (unpaired) electrons. The van der Waals surface area contributed by atoms with Crippen LogP contribution in [0.15, 0.2) is 11.8 Å². The van der Waals surface area contributed by atoms with Crippen molar-refractivity contribution >= 4 is 17.8 Å². The molecule has 6 nitrogen and oxygen atoms in total. The van der Waals surface area contributed by atoms with Gasteiger partial charge in [-0.25, -0.2) is 4.79 Å². The van der Waals surface area contributed by atoms with E-state index in [1.165, 1.54) is 26.0 Å². The number of esters is 1. The Bertz CT molecular complexity index is 429. The van der Waals surface area contributed by atoms with Gasteiger partial charge in [0.1, 0.15) is 11.7 Å². The fourth-order valence-corrected chi connectivity index (χ4v) is 2.56. The van der Waals surface area contributed by atoms with E-state index in [0.717, 1.165) is 5.57 Å². The first-order valence-electron chi connectivity index (χ1n) is 6.59. The highest BCUT2D eigenvalue weighted by Gasteiger charge is 2.37. The van der Waals surface area contributed by atoms with Crippen molar-refractivity contribution in [2.24, 2.45) is 11.8 Å². The van der Waals surface area contributed by atoms with Gasteiger partial charge in [0, 0.05) is 18.7 Å². The van der Waals surface area contributed by atoms with Crippen LogP contribution in [-0.2, 0) is 19.1 Å². The lowest BCUT2D eigenvalue weighted by Crippen LogP contribution is -2.39. The van der Waals surface area contributed by atoms with E-state index in [9.17, 15) is 14.4 Å².